The summed E-state index contributed by atoms with van der Waals surface area (Å²) in [7, 11) is 0. The summed E-state index contributed by atoms with van der Waals surface area (Å²) in [5, 5.41) is 18.1. The highest BCUT2D eigenvalue weighted by Crippen LogP contribution is 2.23. The summed E-state index contributed by atoms with van der Waals surface area (Å²) < 4.78 is 2.19. The first-order valence-corrected chi connectivity index (χ1v) is 9.43. The zero-order valence-corrected chi connectivity index (χ0v) is 15.6. The van der Waals surface area contributed by atoms with E-state index in [1.165, 1.54) is 17.0 Å². The number of aryl methyl sites for hydroxylation is 1. The number of amides is 1. The van der Waals surface area contributed by atoms with Crippen molar-refractivity contribution in [2.24, 2.45) is 0 Å². The van der Waals surface area contributed by atoms with Gasteiger partial charge in [-0.05, 0) is 36.4 Å². The lowest BCUT2D eigenvalue weighted by Gasteiger charge is -2.08. The van der Waals surface area contributed by atoms with Crippen molar-refractivity contribution in [3.63, 3.8) is 0 Å². The summed E-state index contributed by atoms with van der Waals surface area (Å²) in [5.74, 6) is 0.00160. The monoisotopic (exact) mass is 380 g/mol. The van der Waals surface area contributed by atoms with Crippen molar-refractivity contribution in [1.82, 2.24) is 9.88 Å². The molecule has 2 N–H and O–H groups in total. The molecule has 3 aromatic rings. The number of para-hydroxylation sites is 3. The van der Waals surface area contributed by atoms with Gasteiger partial charge in [0.25, 0.3) is 5.69 Å². The van der Waals surface area contributed by atoms with Crippen LogP contribution < -0.4 is 10.6 Å². The van der Waals surface area contributed by atoms with E-state index in [4.69, 9.17) is 0 Å². The SMILES string of the molecule is O=C(CCCNc1ccccc1[N+](=O)[O-])NCCCn1ccc2ccccc21. The van der Waals surface area contributed by atoms with Crippen LogP contribution in [0, 0.1) is 10.1 Å². The molecule has 1 amide bonds. The van der Waals surface area contributed by atoms with Gasteiger partial charge in [-0.3, -0.25) is 14.9 Å². The Bertz CT molecular complexity index is 951. The maximum atomic E-state index is 11.9. The number of hydrogen-bond acceptors (Lipinski definition) is 4. The van der Waals surface area contributed by atoms with Crippen LogP contribution in [0.2, 0.25) is 0 Å². The molecule has 2 aromatic carbocycles. The van der Waals surface area contributed by atoms with Crippen LogP contribution in [-0.2, 0) is 11.3 Å². The van der Waals surface area contributed by atoms with Crippen LogP contribution in [0.4, 0.5) is 11.4 Å². The van der Waals surface area contributed by atoms with Crippen LogP contribution in [0.1, 0.15) is 19.3 Å². The number of rotatable bonds is 10. The van der Waals surface area contributed by atoms with E-state index in [-0.39, 0.29) is 11.6 Å². The number of carbonyl (C=O) groups is 1. The van der Waals surface area contributed by atoms with E-state index in [9.17, 15) is 14.9 Å². The summed E-state index contributed by atoms with van der Waals surface area (Å²) >= 11 is 0. The van der Waals surface area contributed by atoms with E-state index in [1.54, 1.807) is 18.2 Å². The summed E-state index contributed by atoms with van der Waals surface area (Å²) in [6.07, 6.45) is 3.93. The molecule has 7 nitrogen and oxygen atoms in total. The fraction of sp³-hybridized carbons (Fsp3) is 0.286. The molecule has 0 aliphatic rings. The lowest BCUT2D eigenvalue weighted by molar-refractivity contribution is -0.384. The Balaban J connectivity index is 1.32. The zero-order chi connectivity index (χ0) is 19.8. The Labute approximate surface area is 163 Å². The molecule has 0 radical (unpaired) electrons. The number of carbonyl (C=O) groups excluding carboxylic acids is 1. The molecule has 0 aliphatic carbocycles. The highest BCUT2D eigenvalue weighted by Gasteiger charge is 2.11. The zero-order valence-electron chi connectivity index (χ0n) is 15.6. The highest BCUT2D eigenvalue weighted by atomic mass is 16.6. The minimum absolute atomic E-state index is 0.00160. The van der Waals surface area contributed by atoms with Crippen LogP contribution in [-0.4, -0.2) is 28.5 Å². The molecule has 3 rings (SSSR count). The van der Waals surface area contributed by atoms with E-state index in [0.29, 0.717) is 31.6 Å². The van der Waals surface area contributed by atoms with Crippen molar-refractivity contribution in [2.75, 3.05) is 18.4 Å². The number of nitro groups is 1. The van der Waals surface area contributed by atoms with Gasteiger partial charge in [-0.25, -0.2) is 0 Å². The lowest BCUT2D eigenvalue weighted by atomic mass is 10.2. The Morgan fingerprint density at radius 3 is 2.64 bits per heavy atom. The van der Waals surface area contributed by atoms with Gasteiger partial charge in [0.15, 0.2) is 0 Å². The number of fused-ring (bicyclic) bond motifs is 1. The second-order valence-corrected chi connectivity index (χ2v) is 6.58. The standard InChI is InChI=1S/C21H24N4O3/c26-21(11-5-13-22-18-8-2-4-10-20(18)25(27)28)23-14-6-15-24-16-12-17-7-1-3-9-19(17)24/h1-4,7-10,12,16,22H,5-6,11,13-15H2,(H,23,26). The predicted octanol–water partition coefficient (Wildman–Crippen LogP) is 3.95. The maximum Gasteiger partial charge on any atom is 0.292 e. The van der Waals surface area contributed by atoms with Crippen LogP contribution in [0.3, 0.4) is 0 Å². The quantitative estimate of drug-likeness (QED) is 0.317. The predicted molar refractivity (Wildman–Crippen MR) is 110 cm³/mol. The number of anilines is 1. The third-order valence-electron chi connectivity index (χ3n) is 4.57. The number of nitrogens with one attached hydrogen (secondary N) is 2. The summed E-state index contributed by atoms with van der Waals surface area (Å²) in [4.78, 5) is 22.5. The van der Waals surface area contributed by atoms with Gasteiger partial charge in [0, 0.05) is 43.8 Å². The molecule has 146 valence electrons. The minimum Gasteiger partial charge on any atom is -0.379 e. The van der Waals surface area contributed by atoms with E-state index >= 15 is 0 Å². The van der Waals surface area contributed by atoms with Crippen LogP contribution in [0.5, 0.6) is 0 Å². The van der Waals surface area contributed by atoms with Crippen molar-refractivity contribution in [2.45, 2.75) is 25.8 Å². The summed E-state index contributed by atoms with van der Waals surface area (Å²) in [6, 6.07) is 16.8. The maximum absolute atomic E-state index is 11.9. The summed E-state index contributed by atoms with van der Waals surface area (Å²) in [6.45, 7) is 1.99. The van der Waals surface area contributed by atoms with Crippen molar-refractivity contribution in [3.05, 3.63) is 70.9 Å². The first kappa shape index (κ1) is 19.4. The first-order valence-electron chi connectivity index (χ1n) is 9.43. The van der Waals surface area contributed by atoms with E-state index in [1.807, 2.05) is 12.1 Å². The fourth-order valence-corrected chi connectivity index (χ4v) is 3.16. The Hall–Kier alpha value is -3.35. The number of nitrogens with zero attached hydrogens (tertiary/aromatic N) is 2. The Kier molecular flexibility index (Phi) is 6.62. The molecule has 0 unspecified atom stereocenters. The van der Waals surface area contributed by atoms with E-state index in [2.05, 4.69) is 39.6 Å². The molecule has 1 heterocycles. The second kappa shape index (κ2) is 9.55. The number of benzene rings is 2. The average Bonchev–Trinajstić information content (AvgIpc) is 3.12. The molecule has 0 saturated carbocycles. The molecular weight excluding hydrogens is 356 g/mol. The molecule has 0 atom stereocenters. The minimum atomic E-state index is -0.414. The largest absolute Gasteiger partial charge is 0.379 e. The van der Waals surface area contributed by atoms with Gasteiger partial charge in [-0.15, -0.1) is 0 Å². The van der Waals surface area contributed by atoms with Crippen molar-refractivity contribution < 1.29 is 9.72 Å². The van der Waals surface area contributed by atoms with Gasteiger partial charge in [0.2, 0.25) is 5.91 Å². The first-order chi connectivity index (χ1) is 13.6. The highest BCUT2D eigenvalue weighted by molar-refractivity contribution is 5.79. The third-order valence-corrected chi connectivity index (χ3v) is 4.57. The van der Waals surface area contributed by atoms with Gasteiger partial charge in [0.1, 0.15) is 5.69 Å². The van der Waals surface area contributed by atoms with Gasteiger partial charge < -0.3 is 15.2 Å². The number of hydrogen-bond donors (Lipinski definition) is 2. The van der Waals surface area contributed by atoms with Crippen molar-refractivity contribution >= 4 is 28.2 Å². The Morgan fingerprint density at radius 1 is 1.00 bits per heavy atom. The van der Waals surface area contributed by atoms with Gasteiger partial charge >= 0.3 is 0 Å². The second-order valence-electron chi connectivity index (χ2n) is 6.58. The molecule has 0 bridgehead atoms. The normalized spacial score (nSPS) is 10.7. The lowest BCUT2D eigenvalue weighted by Crippen LogP contribution is -2.25. The smallest absolute Gasteiger partial charge is 0.292 e. The molecule has 0 saturated heterocycles. The molecule has 0 aliphatic heterocycles. The topological polar surface area (TPSA) is 89.2 Å². The fourth-order valence-electron chi connectivity index (χ4n) is 3.16. The molecule has 7 heteroatoms. The molecule has 0 fully saturated rings. The number of nitro benzene ring substituents is 1. The van der Waals surface area contributed by atoms with Gasteiger partial charge in [-0.1, -0.05) is 30.3 Å². The van der Waals surface area contributed by atoms with E-state index < -0.39 is 4.92 Å². The van der Waals surface area contributed by atoms with Gasteiger partial charge in [-0.2, -0.15) is 0 Å². The van der Waals surface area contributed by atoms with Crippen molar-refractivity contribution in [3.8, 4) is 0 Å². The van der Waals surface area contributed by atoms with Gasteiger partial charge in [0.05, 0.1) is 4.92 Å². The molecule has 28 heavy (non-hydrogen) atoms. The van der Waals surface area contributed by atoms with Crippen LogP contribution in [0.15, 0.2) is 60.8 Å². The molecular formula is C21H24N4O3. The average molecular weight is 380 g/mol. The third kappa shape index (κ3) is 5.09. The summed E-state index contributed by atoms with van der Waals surface area (Å²) in [5.41, 5.74) is 1.73. The van der Waals surface area contributed by atoms with Crippen molar-refractivity contribution in [1.29, 1.82) is 0 Å². The van der Waals surface area contributed by atoms with Crippen LogP contribution >= 0.6 is 0 Å². The molecule has 0 spiro atoms. The number of aromatic nitrogens is 1. The van der Waals surface area contributed by atoms with E-state index in [0.717, 1.165) is 13.0 Å². The molecule has 1 aromatic heterocycles. The van der Waals surface area contributed by atoms with Crippen LogP contribution in [0.25, 0.3) is 10.9 Å². The Morgan fingerprint density at radius 2 is 1.79 bits per heavy atom.